The molecule has 0 N–H and O–H groups in total. The maximum absolute atomic E-state index is 5.81. The summed E-state index contributed by atoms with van der Waals surface area (Å²) in [5, 5.41) is 0. The molecule has 0 fully saturated rings. The molecule has 1 nitrogen and oxygen atoms in total. The van der Waals surface area contributed by atoms with Crippen molar-refractivity contribution in [1.82, 2.24) is 4.90 Å². The number of nitrogens with zero attached hydrogens (tertiary/aromatic N) is 1. The summed E-state index contributed by atoms with van der Waals surface area (Å²) in [6.07, 6.45) is 0. The van der Waals surface area contributed by atoms with E-state index in [0.29, 0.717) is 6.04 Å². The van der Waals surface area contributed by atoms with Crippen LogP contribution in [0.15, 0.2) is 12.1 Å². The lowest BCUT2D eigenvalue weighted by Gasteiger charge is -2.17. The van der Waals surface area contributed by atoms with Gasteiger partial charge in [-0.25, -0.2) is 0 Å². The van der Waals surface area contributed by atoms with Gasteiger partial charge in [0.15, 0.2) is 0 Å². The Balaban J connectivity index is 2.76. The molecule has 1 atom stereocenters. The van der Waals surface area contributed by atoms with E-state index >= 15 is 0 Å². The van der Waals surface area contributed by atoms with Crippen LogP contribution >= 0.6 is 22.9 Å². The van der Waals surface area contributed by atoms with Crippen LogP contribution in [0.3, 0.4) is 0 Å². The largest absolute Gasteiger partial charge is 0.302 e. The number of hydrogen-bond acceptors (Lipinski definition) is 2. The molecule has 1 rings (SSSR count). The van der Waals surface area contributed by atoms with E-state index in [2.05, 4.69) is 32.0 Å². The van der Waals surface area contributed by atoms with E-state index < -0.39 is 0 Å². The van der Waals surface area contributed by atoms with Crippen LogP contribution in [0.2, 0.25) is 4.34 Å². The quantitative estimate of drug-likeness (QED) is 0.692. The van der Waals surface area contributed by atoms with Gasteiger partial charge in [0.25, 0.3) is 0 Å². The second kappa shape index (κ2) is 3.57. The molecule has 62 valence electrons. The van der Waals surface area contributed by atoms with Gasteiger partial charge in [-0.2, -0.15) is 0 Å². The monoisotopic (exact) mass is 189 g/mol. The van der Waals surface area contributed by atoms with E-state index in [1.165, 1.54) is 4.88 Å². The zero-order chi connectivity index (χ0) is 8.43. The maximum Gasteiger partial charge on any atom is 0.0931 e. The van der Waals surface area contributed by atoms with Crippen molar-refractivity contribution in [2.75, 3.05) is 14.1 Å². The molecule has 0 radical (unpaired) electrons. The minimum absolute atomic E-state index is 0.465. The predicted octanol–water partition coefficient (Wildman–Crippen LogP) is 3.02. The summed E-state index contributed by atoms with van der Waals surface area (Å²) in [7, 11) is 4.14. The van der Waals surface area contributed by atoms with Gasteiger partial charge in [-0.3, -0.25) is 0 Å². The van der Waals surface area contributed by atoms with Gasteiger partial charge in [0.05, 0.1) is 4.34 Å². The lowest BCUT2D eigenvalue weighted by molar-refractivity contribution is 0.325. The normalized spacial score (nSPS) is 13.9. The predicted molar refractivity (Wildman–Crippen MR) is 51.4 cm³/mol. The topological polar surface area (TPSA) is 3.24 Å². The summed E-state index contributed by atoms with van der Waals surface area (Å²) in [4.78, 5) is 3.49. The highest BCUT2D eigenvalue weighted by Crippen LogP contribution is 2.28. The second-order valence-electron chi connectivity index (χ2n) is 2.78. The molecule has 0 saturated carbocycles. The molecule has 1 aromatic rings. The van der Waals surface area contributed by atoms with Crippen molar-refractivity contribution in [2.45, 2.75) is 13.0 Å². The number of hydrogen-bond donors (Lipinski definition) is 0. The van der Waals surface area contributed by atoms with Gasteiger partial charge in [0.2, 0.25) is 0 Å². The fourth-order valence-electron chi connectivity index (χ4n) is 0.807. The summed E-state index contributed by atoms with van der Waals surface area (Å²) >= 11 is 7.46. The van der Waals surface area contributed by atoms with Crippen molar-refractivity contribution in [2.24, 2.45) is 0 Å². The van der Waals surface area contributed by atoms with Crippen molar-refractivity contribution >= 4 is 22.9 Å². The van der Waals surface area contributed by atoms with E-state index in [1.807, 2.05) is 6.07 Å². The molecule has 0 bridgehead atoms. The summed E-state index contributed by atoms with van der Waals surface area (Å²) in [5.74, 6) is 0. The molecule has 0 spiro atoms. The zero-order valence-electron chi connectivity index (χ0n) is 6.97. The Morgan fingerprint density at radius 2 is 2.09 bits per heavy atom. The Morgan fingerprint density at radius 3 is 2.45 bits per heavy atom. The van der Waals surface area contributed by atoms with Gasteiger partial charge in [-0.05, 0) is 33.2 Å². The third kappa shape index (κ3) is 2.19. The standard InChI is InChI=1S/C8H12ClNS/c1-6(10(2)3)7-4-5-8(9)11-7/h4-6H,1-3H3. The molecule has 0 saturated heterocycles. The minimum Gasteiger partial charge on any atom is -0.302 e. The molecule has 0 aliphatic rings. The SMILES string of the molecule is CC(c1ccc(Cl)s1)N(C)C. The Labute approximate surface area is 76.6 Å². The van der Waals surface area contributed by atoms with Crippen molar-refractivity contribution in [3.05, 3.63) is 21.3 Å². The molecule has 0 amide bonds. The average Bonchev–Trinajstić information content (AvgIpc) is 2.34. The first-order valence-corrected chi connectivity index (χ1v) is 4.72. The average molecular weight is 190 g/mol. The Morgan fingerprint density at radius 1 is 1.45 bits per heavy atom. The highest BCUT2D eigenvalue weighted by molar-refractivity contribution is 7.16. The number of thiophene rings is 1. The van der Waals surface area contributed by atoms with Crippen LogP contribution in [0.25, 0.3) is 0 Å². The summed E-state index contributed by atoms with van der Waals surface area (Å²) in [6.45, 7) is 2.17. The van der Waals surface area contributed by atoms with E-state index in [-0.39, 0.29) is 0 Å². The van der Waals surface area contributed by atoms with Gasteiger partial charge >= 0.3 is 0 Å². The van der Waals surface area contributed by atoms with E-state index in [0.717, 1.165) is 4.34 Å². The van der Waals surface area contributed by atoms with Gasteiger partial charge in [-0.15, -0.1) is 11.3 Å². The highest BCUT2D eigenvalue weighted by atomic mass is 35.5. The third-order valence-electron chi connectivity index (χ3n) is 1.78. The van der Waals surface area contributed by atoms with E-state index in [4.69, 9.17) is 11.6 Å². The molecule has 0 aliphatic heterocycles. The van der Waals surface area contributed by atoms with Crippen LogP contribution in [0.1, 0.15) is 17.8 Å². The van der Waals surface area contributed by atoms with Gasteiger partial charge in [0, 0.05) is 10.9 Å². The van der Waals surface area contributed by atoms with Crippen molar-refractivity contribution in [3.8, 4) is 0 Å². The number of halogens is 1. The highest BCUT2D eigenvalue weighted by Gasteiger charge is 2.09. The van der Waals surface area contributed by atoms with Crippen LogP contribution in [0.5, 0.6) is 0 Å². The third-order valence-corrected chi connectivity index (χ3v) is 3.18. The summed E-state index contributed by atoms with van der Waals surface area (Å²) in [6, 6.07) is 4.49. The van der Waals surface area contributed by atoms with Crippen LogP contribution in [0.4, 0.5) is 0 Å². The lowest BCUT2D eigenvalue weighted by atomic mass is 10.2. The first-order chi connectivity index (χ1) is 5.11. The van der Waals surface area contributed by atoms with Gasteiger partial charge in [-0.1, -0.05) is 11.6 Å². The summed E-state index contributed by atoms with van der Waals surface area (Å²) in [5.41, 5.74) is 0. The van der Waals surface area contributed by atoms with Crippen molar-refractivity contribution in [1.29, 1.82) is 0 Å². The molecular formula is C8H12ClNS. The number of rotatable bonds is 2. The first kappa shape index (κ1) is 9.04. The Hall–Kier alpha value is -0.0500. The van der Waals surface area contributed by atoms with Crippen LogP contribution in [-0.2, 0) is 0 Å². The van der Waals surface area contributed by atoms with Crippen LogP contribution in [0, 0.1) is 0 Å². The zero-order valence-corrected chi connectivity index (χ0v) is 8.54. The second-order valence-corrected chi connectivity index (χ2v) is 4.53. The summed E-state index contributed by atoms with van der Waals surface area (Å²) < 4.78 is 0.869. The lowest BCUT2D eigenvalue weighted by Crippen LogP contribution is -2.15. The Kier molecular flexibility index (Phi) is 2.93. The van der Waals surface area contributed by atoms with Crippen molar-refractivity contribution in [3.63, 3.8) is 0 Å². The molecule has 11 heavy (non-hydrogen) atoms. The van der Waals surface area contributed by atoms with E-state index in [1.54, 1.807) is 11.3 Å². The van der Waals surface area contributed by atoms with Gasteiger partial charge < -0.3 is 4.90 Å². The fraction of sp³-hybridized carbons (Fsp3) is 0.500. The Bertz CT molecular complexity index is 232. The van der Waals surface area contributed by atoms with Crippen molar-refractivity contribution < 1.29 is 0 Å². The smallest absolute Gasteiger partial charge is 0.0931 e. The maximum atomic E-state index is 5.81. The fourth-order valence-corrected chi connectivity index (χ4v) is 2.02. The van der Waals surface area contributed by atoms with Gasteiger partial charge in [0.1, 0.15) is 0 Å². The molecule has 0 aromatic carbocycles. The molecule has 1 heterocycles. The molecule has 1 aromatic heterocycles. The molecular weight excluding hydrogens is 178 g/mol. The molecule has 0 aliphatic carbocycles. The molecule has 1 unspecified atom stereocenters. The first-order valence-electron chi connectivity index (χ1n) is 3.53. The van der Waals surface area contributed by atoms with Crippen LogP contribution < -0.4 is 0 Å². The minimum atomic E-state index is 0.465. The van der Waals surface area contributed by atoms with Crippen LogP contribution in [-0.4, -0.2) is 19.0 Å². The van der Waals surface area contributed by atoms with E-state index in [9.17, 15) is 0 Å². The molecule has 3 heteroatoms.